The third-order valence-corrected chi connectivity index (χ3v) is 2.26. The minimum absolute atomic E-state index is 0.123. The Hall–Kier alpha value is -1.86. The fourth-order valence-electron chi connectivity index (χ4n) is 1.24. The highest BCUT2D eigenvalue weighted by molar-refractivity contribution is 6.30. The van der Waals surface area contributed by atoms with E-state index in [9.17, 15) is 14.9 Å². The van der Waals surface area contributed by atoms with Crippen molar-refractivity contribution in [3.05, 3.63) is 33.3 Å². The summed E-state index contributed by atoms with van der Waals surface area (Å²) in [7, 11) is 0. The van der Waals surface area contributed by atoms with Gasteiger partial charge in [-0.05, 0) is 12.1 Å². The Bertz CT molecular complexity index is 453. The van der Waals surface area contributed by atoms with Crippen LogP contribution in [0.3, 0.4) is 0 Å². The molecule has 0 aliphatic rings. The Morgan fingerprint density at radius 2 is 2.22 bits per heavy atom. The molecule has 0 heterocycles. The molecule has 0 fully saturated rings. The van der Waals surface area contributed by atoms with Crippen molar-refractivity contribution in [1.82, 2.24) is 5.32 Å². The Labute approximate surface area is 108 Å². The molecule has 18 heavy (non-hydrogen) atoms. The summed E-state index contributed by atoms with van der Waals surface area (Å²) in [5, 5.41) is 24.6. The zero-order chi connectivity index (χ0) is 13.5. The van der Waals surface area contributed by atoms with Crippen molar-refractivity contribution in [2.45, 2.75) is 0 Å². The highest BCUT2D eigenvalue weighted by Gasteiger charge is 2.14. The molecule has 7 nitrogen and oxygen atoms in total. The molecule has 0 aromatic heterocycles. The van der Waals surface area contributed by atoms with Crippen LogP contribution in [-0.4, -0.2) is 35.6 Å². The molecule has 98 valence electrons. The van der Waals surface area contributed by atoms with E-state index in [0.29, 0.717) is 0 Å². The average molecular weight is 274 g/mol. The van der Waals surface area contributed by atoms with Crippen molar-refractivity contribution in [2.24, 2.45) is 0 Å². The van der Waals surface area contributed by atoms with Gasteiger partial charge in [-0.3, -0.25) is 14.9 Å². The number of halogens is 1. The summed E-state index contributed by atoms with van der Waals surface area (Å²) in [5.41, 5.74) is 0.0148. The van der Waals surface area contributed by atoms with Gasteiger partial charge in [0.05, 0.1) is 18.1 Å². The van der Waals surface area contributed by atoms with Gasteiger partial charge in [-0.2, -0.15) is 0 Å². The number of nitrogens with one attached hydrogen (secondary N) is 2. The van der Waals surface area contributed by atoms with E-state index in [1.165, 1.54) is 18.2 Å². The summed E-state index contributed by atoms with van der Waals surface area (Å²) in [5.74, 6) is -0.367. The molecule has 0 atom stereocenters. The number of nitrogens with zero attached hydrogens (tertiary/aromatic N) is 1. The largest absolute Gasteiger partial charge is 0.395 e. The maximum absolute atomic E-state index is 11.2. The second kappa shape index (κ2) is 6.77. The smallest absolute Gasteiger partial charge is 0.293 e. The van der Waals surface area contributed by atoms with Crippen LogP contribution in [0.25, 0.3) is 0 Å². The normalized spacial score (nSPS) is 9.89. The lowest BCUT2D eigenvalue weighted by molar-refractivity contribution is -0.383. The van der Waals surface area contributed by atoms with Crippen LogP contribution in [0.1, 0.15) is 0 Å². The van der Waals surface area contributed by atoms with Gasteiger partial charge in [-0.15, -0.1) is 0 Å². The summed E-state index contributed by atoms with van der Waals surface area (Å²) in [6.07, 6.45) is 0. The van der Waals surface area contributed by atoms with E-state index >= 15 is 0 Å². The summed E-state index contributed by atoms with van der Waals surface area (Å²) in [6.45, 7) is -0.140. The number of aliphatic hydroxyl groups is 1. The molecule has 0 saturated heterocycles. The zero-order valence-electron chi connectivity index (χ0n) is 9.35. The van der Waals surface area contributed by atoms with Gasteiger partial charge in [-0.25, -0.2) is 0 Å². The van der Waals surface area contributed by atoms with E-state index < -0.39 is 4.92 Å². The lowest BCUT2D eigenvalue weighted by Crippen LogP contribution is -2.32. The van der Waals surface area contributed by atoms with Crippen LogP contribution in [0, 0.1) is 10.1 Å². The van der Waals surface area contributed by atoms with E-state index in [1.807, 2.05) is 0 Å². The Kier molecular flexibility index (Phi) is 5.34. The fourth-order valence-corrected chi connectivity index (χ4v) is 1.41. The van der Waals surface area contributed by atoms with E-state index in [-0.39, 0.29) is 42.0 Å². The van der Waals surface area contributed by atoms with Gasteiger partial charge in [-0.1, -0.05) is 11.6 Å². The minimum Gasteiger partial charge on any atom is -0.395 e. The lowest BCUT2D eigenvalue weighted by Gasteiger charge is -2.07. The molecular formula is C10H12ClN3O4. The Balaban J connectivity index is 2.67. The molecule has 0 unspecified atom stereocenters. The van der Waals surface area contributed by atoms with Crippen molar-refractivity contribution in [3.63, 3.8) is 0 Å². The predicted octanol–water partition coefficient (Wildman–Crippen LogP) is 0.769. The van der Waals surface area contributed by atoms with E-state index in [2.05, 4.69) is 10.6 Å². The summed E-state index contributed by atoms with van der Waals surface area (Å²) in [6, 6.07) is 4.12. The standard InChI is InChI=1S/C10H12ClN3O4/c11-7-1-2-8(9(5-7)14(17)18)13-6-10(16)12-3-4-15/h1-2,5,13,15H,3-4,6H2,(H,12,16). The number of nitro groups is 1. The topological polar surface area (TPSA) is 104 Å². The van der Waals surface area contributed by atoms with Crippen LogP contribution in [0.4, 0.5) is 11.4 Å². The molecule has 1 aromatic carbocycles. The molecule has 0 saturated carbocycles. The van der Waals surface area contributed by atoms with Gasteiger partial charge in [0.25, 0.3) is 5.69 Å². The first-order valence-electron chi connectivity index (χ1n) is 5.10. The Morgan fingerprint density at radius 1 is 1.50 bits per heavy atom. The average Bonchev–Trinajstić information content (AvgIpc) is 2.34. The molecular weight excluding hydrogens is 262 g/mol. The molecule has 3 N–H and O–H groups in total. The summed E-state index contributed by atoms with van der Waals surface area (Å²) >= 11 is 5.65. The van der Waals surface area contributed by atoms with Crippen molar-refractivity contribution in [1.29, 1.82) is 0 Å². The minimum atomic E-state index is -0.583. The van der Waals surface area contributed by atoms with Crippen LogP contribution in [0.15, 0.2) is 18.2 Å². The van der Waals surface area contributed by atoms with E-state index in [0.717, 1.165) is 0 Å². The van der Waals surface area contributed by atoms with Gasteiger partial charge < -0.3 is 15.7 Å². The molecule has 0 aliphatic heterocycles. The number of nitro benzene ring substituents is 1. The Morgan fingerprint density at radius 3 is 2.83 bits per heavy atom. The first kappa shape index (κ1) is 14.2. The van der Waals surface area contributed by atoms with Crippen molar-refractivity contribution in [3.8, 4) is 0 Å². The van der Waals surface area contributed by atoms with Crippen molar-refractivity contribution >= 4 is 28.9 Å². The number of carbonyl (C=O) groups excluding carboxylic acids is 1. The van der Waals surface area contributed by atoms with Crippen molar-refractivity contribution in [2.75, 3.05) is 25.0 Å². The first-order chi connectivity index (χ1) is 8.54. The third-order valence-electron chi connectivity index (χ3n) is 2.03. The lowest BCUT2D eigenvalue weighted by atomic mass is 10.2. The highest BCUT2D eigenvalue weighted by Crippen LogP contribution is 2.27. The van der Waals surface area contributed by atoms with Crippen LogP contribution in [0.2, 0.25) is 5.02 Å². The fraction of sp³-hybridized carbons (Fsp3) is 0.300. The van der Waals surface area contributed by atoms with Gasteiger partial charge in [0, 0.05) is 17.6 Å². The third kappa shape index (κ3) is 4.19. The molecule has 8 heteroatoms. The quantitative estimate of drug-likeness (QED) is 0.524. The zero-order valence-corrected chi connectivity index (χ0v) is 10.1. The number of amides is 1. The predicted molar refractivity (Wildman–Crippen MR) is 66.7 cm³/mol. The van der Waals surface area contributed by atoms with Crippen LogP contribution in [-0.2, 0) is 4.79 Å². The maximum Gasteiger partial charge on any atom is 0.293 e. The second-order valence-electron chi connectivity index (χ2n) is 3.35. The first-order valence-corrected chi connectivity index (χ1v) is 5.47. The number of aliphatic hydroxyl groups excluding tert-OH is 1. The molecule has 0 aliphatic carbocycles. The van der Waals surface area contributed by atoms with E-state index in [1.54, 1.807) is 0 Å². The number of carbonyl (C=O) groups is 1. The molecule has 1 rings (SSSR count). The number of benzene rings is 1. The van der Waals surface area contributed by atoms with Crippen LogP contribution >= 0.6 is 11.6 Å². The van der Waals surface area contributed by atoms with Gasteiger partial charge in [0.1, 0.15) is 5.69 Å². The van der Waals surface area contributed by atoms with E-state index in [4.69, 9.17) is 16.7 Å². The SMILES string of the molecule is O=C(CNc1ccc(Cl)cc1[N+](=O)[O-])NCCO. The molecule has 0 spiro atoms. The number of hydrogen-bond acceptors (Lipinski definition) is 5. The summed E-state index contributed by atoms with van der Waals surface area (Å²) in [4.78, 5) is 21.4. The molecule has 0 bridgehead atoms. The van der Waals surface area contributed by atoms with Gasteiger partial charge in [0.2, 0.25) is 5.91 Å². The van der Waals surface area contributed by atoms with Crippen molar-refractivity contribution < 1.29 is 14.8 Å². The van der Waals surface area contributed by atoms with Gasteiger partial charge in [0.15, 0.2) is 0 Å². The summed E-state index contributed by atoms with van der Waals surface area (Å²) < 4.78 is 0. The molecule has 1 aromatic rings. The number of anilines is 1. The van der Waals surface area contributed by atoms with Crippen LogP contribution < -0.4 is 10.6 Å². The highest BCUT2D eigenvalue weighted by atomic mass is 35.5. The van der Waals surface area contributed by atoms with Gasteiger partial charge >= 0.3 is 0 Å². The van der Waals surface area contributed by atoms with Crippen LogP contribution in [0.5, 0.6) is 0 Å². The number of rotatable bonds is 6. The molecule has 1 amide bonds. The second-order valence-corrected chi connectivity index (χ2v) is 3.78. The maximum atomic E-state index is 11.2. The monoisotopic (exact) mass is 273 g/mol. The number of hydrogen-bond donors (Lipinski definition) is 3. The molecule has 0 radical (unpaired) electrons.